The Balaban J connectivity index is 3.35. The maximum atomic E-state index is 12.1. The van der Waals surface area contributed by atoms with Gasteiger partial charge in [-0.25, -0.2) is 4.79 Å². The van der Waals surface area contributed by atoms with Crippen LogP contribution >= 0.6 is 0 Å². The molecule has 0 bridgehead atoms. The van der Waals surface area contributed by atoms with E-state index in [-0.39, 0.29) is 22.4 Å². The molecule has 0 amide bonds. The van der Waals surface area contributed by atoms with Crippen LogP contribution in [0.1, 0.15) is 27.6 Å². The molecule has 0 heterocycles. The van der Waals surface area contributed by atoms with Crippen LogP contribution in [0, 0.1) is 6.92 Å². The van der Waals surface area contributed by atoms with Crippen LogP contribution in [0.5, 0.6) is 5.75 Å². The highest BCUT2D eigenvalue weighted by Gasteiger charge is 2.24. The fourth-order valence-corrected chi connectivity index (χ4v) is 1.54. The van der Waals surface area contributed by atoms with Gasteiger partial charge in [-0.3, -0.25) is 4.79 Å². The van der Waals surface area contributed by atoms with E-state index in [1.165, 1.54) is 6.92 Å². The van der Waals surface area contributed by atoms with E-state index in [2.05, 4.69) is 4.74 Å². The van der Waals surface area contributed by atoms with Crippen molar-refractivity contribution in [2.75, 3.05) is 0 Å². The number of aliphatic carboxylic acids is 1. The largest absolute Gasteiger partial charge is 0.479 e. The number of carbonyl (C=O) groups excluding carboxylic acids is 1. The SMILES string of the molecule is Cc1c(OC(F)F)ccc(C=O)c1C(O)C(=O)O. The molecular weight excluding hydrogens is 250 g/mol. The number of hydrogen-bond donors (Lipinski definition) is 2. The van der Waals surface area contributed by atoms with Crippen molar-refractivity contribution in [2.45, 2.75) is 19.6 Å². The third-order valence-electron chi connectivity index (χ3n) is 2.35. The summed E-state index contributed by atoms with van der Waals surface area (Å²) in [6.07, 6.45) is -1.65. The summed E-state index contributed by atoms with van der Waals surface area (Å²) in [6.45, 7) is -1.80. The van der Waals surface area contributed by atoms with E-state index in [9.17, 15) is 23.5 Å². The molecule has 0 aliphatic carbocycles. The molecule has 0 aromatic heterocycles. The number of aliphatic hydroxyl groups excluding tert-OH is 1. The summed E-state index contributed by atoms with van der Waals surface area (Å²) in [5.41, 5.74) is -0.366. The number of hydrogen-bond acceptors (Lipinski definition) is 4. The average molecular weight is 260 g/mol. The molecule has 0 saturated heterocycles. The van der Waals surface area contributed by atoms with Crippen molar-refractivity contribution < 1.29 is 33.3 Å². The molecule has 1 aromatic carbocycles. The lowest BCUT2D eigenvalue weighted by Crippen LogP contribution is -2.15. The molecule has 1 rings (SSSR count). The first-order valence-electron chi connectivity index (χ1n) is 4.82. The van der Waals surface area contributed by atoms with Gasteiger partial charge < -0.3 is 14.9 Å². The lowest BCUT2D eigenvalue weighted by atomic mass is 9.97. The minimum Gasteiger partial charge on any atom is -0.479 e. The summed E-state index contributed by atoms with van der Waals surface area (Å²) in [5.74, 6) is -1.87. The lowest BCUT2D eigenvalue weighted by molar-refractivity contribution is -0.147. The van der Waals surface area contributed by atoms with E-state index in [0.29, 0.717) is 6.29 Å². The van der Waals surface area contributed by atoms with E-state index in [4.69, 9.17) is 5.11 Å². The zero-order valence-electron chi connectivity index (χ0n) is 9.26. The molecule has 0 saturated carbocycles. The van der Waals surface area contributed by atoms with Gasteiger partial charge in [-0.1, -0.05) is 0 Å². The van der Waals surface area contributed by atoms with Gasteiger partial charge >= 0.3 is 12.6 Å². The van der Waals surface area contributed by atoms with Crippen LogP contribution in [0.25, 0.3) is 0 Å². The molecule has 1 aromatic rings. The van der Waals surface area contributed by atoms with Crippen molar-refractivity contribution in [2.24, 2.45) is 0 Å². The third-order valence-corrected chi connectivity index (χ3v) is 2.35. The van der Waals surface area contributed by atoms with Crippen molar-refractivity contribution in [3.8, 4) is 5.75 Å². The Kier molecular flexibility index (Phi) is 4.33. The first-order valence-corrected chi connectivity index (χ1v) is 4.82. The Hall–Kier alpha value is -2.02. The number of aldehydes is 1. The minimum atomic E-state index is -3.08. The predicted molar refractivity (Wildman–Crippen MR) is 55.8 cm³/mol. The van der Waals surface area contributed by atoms with E-state index in [1.54, 1.807) is 0 Å². The molecule has 98 valence electrons. The molecule has 7 heteroatoms. The van der Waals surface area contributed by atoms with Crippen molar-refractivity contribution in [1.29, 1.82) is 0 Å². The van der Waals surface area contributed by atoms with E-state index < -0.39 is 18.7 Å². The number of halogens is 2. The van der Waals surface area contributed by atoms with Gasteiger partial charge in [0.1, 0.15) is 12.0 Å². The summed E-state index contributed by atoms with van der Waals surface area (Å²) in [5, 5.41) is 18.1. The maximum absolute atomic E-state index is 12.1. The number of rotatable bonds is 5. The molecule has 0 aliphatic rings. The summed E-state index contributed by atoms with van der Waals surface area (Å²) >= 11 is 0. The molecule has 1 atom stereocenters. The second-order valence-electron chi connectivity index (χ2n) is 3.43. The highest BCUT2D eigenvalue weighted by molar-refractivity contribution is 5.84. The van der Waals surface area contributed by atoms with Crippen LogP contribution in [0.3, 0.4) is 0 Å². The monoisotopic (exact) mass is 260 g/mol. The Morgan fingerprint density at radius 2 is 2.06 bits per heavy atom. The van der Waals surface area contributed by atoms with E-state index in [1.807, 2.05) is 0 Å². The van der Waals surface area contributed by atoms with Crippen molar-refractivity contribution in [3.05, 3.63) is 28.8 Å². The normalized spacial score (nSPS) is 12.3. The number of benzene rings is 1. The van der Waals surface area contributed by atoms with Crippen LogP contribution in [0.15, 0.2) is 12.1 Å². The lowest BCUT2D eigenvalue weighted by Gasteiger charge is -2.16. The predicted octanol–water partition coefficient (Wildman–Crippen LogP) is 1.53. The molecule has 1 unspecified atom stereocenters. The smallest absolute Gasteiger partial charge is 0.387 e. The second kappa shape index (κ2) is 5.54. The molecule has 5 nitrogen and oxygen atoms in total. The van der Waals surface area contributed by atoms with Crippen molar-refractivity contribution in [3.63, 3.8) is 0 Å². The van der Waals surface area contributed by atoms with E-state index >= 15 is 0 Å². The topological polar surface area (TPSA) is 83.8 Å². The van der Waals surface area contributed by atoms with Gasteiger partial charge in [0.2, 0.25) is 0 Å². The number of ether oxygens (including phenoxy) is 1. The van der Waals surface area contributed by atoms with Gasteiger partial charge in [0.15, 0.2) is 6.10 Å². The molecule has 0 fully saturated rings. The van der Waals surface area contributed by atoms with Gasteiger partial charge in [0.05, 0.1) is 0 Å². The van der Waals surface area contributed by atoms with Gasteiger partial charge in [-0.15, -0.1) is 0 Å². The summed E-state index contributed by atoms with van der Waals surface area (Å²) in [6, 6.07) is 2.22. The third kappa shape index (κ3) is 2.80. The summed E-state index contributed by atoms with van der Waals surface area (Å²) in [4.78, 5) is 21.4. The zero-order chi connectivity index (χ0) is 13.9. The second-order valence-corrected chi connectivity index (χ2v) is 3.43. The summed E-state index contributed by atoms with van der Waals surface area (Å²) < 4.78 is 28.4. The molecule has 18 heavy (non-hydrogen) atoms. The number of alkyl halides is 2. The molecule has 0 aliphatic heterocycles. The van der Waals surface area contributed by atoms with Gasteiger partial charge in [0, 0.05) is 11.1 Å². The number of carboxylic acids is 1. The Bertz CT molecular complexity index is 473. The quantitative estimate of drug-likeness (QED) is 0.784. The number of carboxylic acid groups (broad SMARTS) is 1. The molecule has 0 radical (unpaired) electrons. The fourth-order valence-electron chi connectivity index (χ4n) is 1.54. The standard InChI is InChI=1S/C11H10F2O5/c1-5-7(18-11(12)13)3-2-6(4-14)8(5)9(15)10(16)17/h2-4,9,11,15H,1H3,(H,16,17). The first-order chi connectivity index (χ1) is 8.38. The van der Waals surface area contributed by atoms with Crippen LogP contribution in [0.2, 0.25) is 0 Å². The van der Waals surface area contributed by atoms with E-state index in [0.717, 1.165) is 12.1 Å². The molecular formula is C11H10F2O5. The highest BCUT2D eigenvalue weighted by atomic mass is 19.3. The van der Waals surface area contributed by atoms with Gasteiger partial charge in [0.25, 0.3) is 0 Å². The zero-order valence-corrected chi connectivity index (χ0v) is 9.26. The fraction of sp³-hybridized carbons (Fsp3) is 0.273. The highest BCUT2D eigenvalue weighted by Crippen LogP contribution is 2.30. The Morgan fingerprint density at radius 1 is 1.44 bits per heavy atom. The Morgan fingerprint density at radius 3 is 2.50 bits per heavy atom. The van der Waals surface area contributed by atoms with Gasteiger partial charge in [-0.2, -0.15) is 8.78 Å². The number of aliphatic hydroxyl groups is 1. The molecule has 2 N–H and O–H groups in total. The Labute approximate surface area is 101 Å². The maximum Gasteiger partial charge on any atom is 0.387 e. The van der Waals surface area contributed by atoms with Crippen LogP contribution in [-0.4, -0.2) is 29.1 Å². The summed E-state index contributed by atoms with van der Waals surface area (Å²) in [7, 11) is 0. The average Bonchev–Trinajstić information content (AvgIpc) is 2.30. The van der Waals surface area contributed by atoms with Crippen LogP contribution < -0.4 is 4.74 Å². The first kappa shape index (κ1) is 14.0. The van der Waals surface area contributed by atoms with Gasteiger partial charge in [-0.05, 0) is 24.6 Å². The van der Waals surface area contributed by atoms with Crippen LogP contribution in [0.4, 0.5) is 8.78 Å². The number of carbonyl (C=O) groups is 2. The molecule has 0 spiro atoms. The minimum absolute atomic E-state index is 0.0187. The van der Waals surface area contributed by atoms with Crippen molar-refractivity contribution >= 4 is 12.3 Å². The van der Waals surface area contributed by atoms with Crippen LogP contribution in [-0.2, 0) is 4.79 Å². The van der Waals surface area contributed by atoms with Crippen molar-refractivity contribution in [1.82, 2.24) is 0 Å².